The summed E-state index contributed by atoms with van der Waals surface area (Å²) in [7, 11) is 1.92. The Labute approximate surface area is 105 Å². The van der Waals surface area contributed by atoms with Gasteiger partial charge in [-0.1, -0.05) is 13.8 Å². The molecule has 3 aromatic rings. The standard InChI is InChI=1S/C13H15N5/c1-9(2)11-7-18-13(14-8-15-18)6-10(11)12-4-5-17(3)16-12/h4-9H,1-3H3. The minimum atomic E-state index is 0.413. The van der Waals surface area contributed by atoms with Crippen LogP contribution in [0.5, 0.6) is 0 Å². The van der Waals surface area contributed by atoms with E-state index in [1.807, 2.05) is 40.8 Å². The summed E-state index contributed by atoms with van der Waals surface area (Å²) in [6.45, 7) is 4.34. The Hall–Kier alpha value is -2.17. The second-order valence-corrected chi connectivity index (χ2v) is 4.73. The SMILES string of the molecule is CC(C)c1cn2ncnc2cc1-c1ccn(C)n1. The topological polar surface area (TPSA) is 48.0 Å². The van der Waals surface area contributed by atoms with Crippen LogP contribution in [0.2, 0.25) is 0 Å². The van der Waals surface area contributed by atoms with Crippen LogP contribution >= 0.6 is 0 Å². The van der Waals surface area contributed by atoms with Gasteiger partial charge in [-0.25, -0.2) is 9.50 Å². The van der Waals surface area contributed by atoms with E-state index >= 15 is 0 Å². The molecule has 0 saturated heterocycles. The molecule has 0 bridgehead atoms. The number of aryl methyl sites for hydroxylation is 1. The maximum absolute atomic E-state index is 4.47. The van der Waals surface area contributed by atoms with Crippen LogP contribution in [0.15, 0.2) is 30.9 Å². The molecule has 0 atom stereocenters. The molecule has 0 unspecified atom stereocenters. The highest BCUT2D eigenvalue weighted by molar-refractivity contribution is 5.68. The van der Waals surface area contributed by atoms with Crippen LogP contribution in [0.3, 0.4) is 0 Å². The first kappa shape index (κ1) is 11.0. The van der Waals surface area contributed by atoms with Gasteiger partial charge in [0.15, 0.2) is 5.65 Å². The van der Waals surface area contributed by atoms with Gasteiger partial charge in [0.05, 0.1) is 5.69 Å². The molecule has 3 heterocycles. The quantitative estimate of drug-likeness (QED) is 0.691. The van der Waals surface area contributed by atoms with Crippen LogP contribution in [0.25, 0.3) is 16.9 Å². The molecule has 0 radical (unpaired) electrons. The van der Waals surface area contributed by atoms with Crippen LogP contribution in [-0.4, -0.2) is 24.4 Å². The predicted molar refractivity (Wildman–Crippen MR) is 69.3 cm³/mol. The van der Waals surface area contributed by atoms with Gasteiger partial charge < -0.3 is 0 Å². The lowest BCUT2D eigenvalue weighted by molar-refractivity contribution is 0.768. The van der Waals surface area contributed by atoms with Crippen molar-refractivity contribution in [3.05, 3.63) is 36.4 Å². The van der Waals surface area contributed by atoms with Crippen molar-refractivity contribution in [1.82, 2.24) is 24.4 Å². The molecule has 0 fully saturated rings. The summed E-state index contributed by atoms with van der Waals surface area (Å²) in [6.07, 6.45) is 5.56. The third kappa shape index (κ3) is 1.68. The molecule has 0 aliphatic heterocycles. The molecule has 5 nitrogen and oxygen atoms in total. The first-order chi connectivity index (χ1) is 8.65. The Morgan fingerprint density at radius 1 is 1.28 bits per heavy atom. The number of rotatable bonds is 2. The van der Waals surface area contributed by atoms with Crippen LogP contribution < -0.4 is 0 Å². The molecule has 0 aliphatic rings. The molecule has 0 N–H and O–H groups in total. The number of nitrogens with zero attached hydrogens (tertiary/aromatic N) is 5. The molecule has 18 heavy (non-hydrogen) atoms. The Kier molecular flexibility index (Phi) is 2.40. The number of pyridine rings is 1. The highest BCUT2D eigenvalue weighted by Gasteiger charge is 2.13. The Morgan fingerprint density at radius 3 is 2.78 bits per heavy atom. The number of fused-ring (bicyclic) bond motifs is 1. The smallest absolute Gasteiger partial charge is 0.155 e. The summed E-state index contributed by atoms with van der Waals surface area (Å²) in [5.74, 6) is 0.413. The molecular weight excluding hydrogens is 226 g/mol. The fraction of sp³-hybridized carbons (Fsp3) is 0.308. The summed E-state index contributed by atoms with van der Waals surface area (Å²) in [4.78, 5) is 4.23. The second kappa shape index (κ2) is 3.94. The normalized spacial score (nSPS) is 11.6. The molecular formula is C13H15N5. The molecule has 0 saturated carbocycles. The predicted octanol–water partition coefficient (Wildman–Crippen LogP) is 2.25. The Balaban J connectivity index is 2.27. The lowest BCUT2D eigenvalue weighted by atomic mass is 9.97. The minimum Gasteiger partial charge on any atom is -0.275 e. The minimum absolute atomic E-state index is 0.413. The molecule has 0 spiro atoms. The lowest BCUT2D eigenvalue weighted by Crippen LogP contribution is -1.99. The highest BCUT2D eigenvalue weighted by Crippen LogP contribution is 2.28. The van der Waals surface area contributed by atoms with Gasteiger partial charge >= 0.3 is 0 Å². The van der Waals surface area contributed by atoms with E-state index in [1.165, 1.54) is 5.56 Å². The zero-order valence-electron chi connectivity index (χ0n) is 10.7. The Morgan fingerprint density at radius 2 is 2.11 bits per heavy atom. The Bertz CT molecular complexity index is 692. The van der Waals surface area contributed by atoms with Gasteiger partial charge in [-0.05, 0) is 23.6 Å². The van der Waals surface area contributed by atoms with Crippen molar-refractivity contribution in [3.63, 3.8) is 0 Å². The van der Waals surface area contributed by atoms with E-state index < -0.39 is 0 Å². The first-order valence-electron chi connectivity index (χ1n) is 5.98. The van der Waals surface area contributed by atoms with Crippen LogP contribution in [0.1, 0.15) is 25.3 Å². The van der Waals surface area contributed by atoms with Crippen molar-refractivity contribution in [3.8, 4) is 11.3 Å². The average Bonchev–Trinajstić information content (AvgIpc) is 2.94. The van der Waals surface area contributed by atoms with E-state index in [9.17, 15) is 0 Å². The monoisotopic (exact) mass is 241 g/mol. The van der Waals surface area contributed by atoms with Crippen molar-refractivity contribution in [2.24, 2.45) is 7.05 Å². The van der Waals surface area contributed by atoms with Crippen LogP contribution in [-0.2, 0) is 7.05 Å². The fourth-order valence-electron chi connectivity index (χ4n) is 2.12. The summed E-state index contributed by atoms with van der Waals surface area (Å²) in [6, 6.07) is 4.07. The molecule has 0 amide bonds. The van der Waals surface area contributed by atoms with Crippen molar-refractivity contribution in [2.45, 2.75) is 19.8 Å². The first-order valence-corrected chi connectivity index (χ1v) is 5.98. The average molecular weight is 241 g/mol. The number of hydrogen-bond acceptors (Lipinski definition) is 3. The molecule has 3 rings (SSSR count). The van der Waals surface area contributed by atoms with Gasteiger partial charge in [0.2, 0.25) is 0 Å². The zero-order valence-corrected chi connectivity index (χ0v) is 10.7. The third-order valence-corrected chi connectivity index (χ3v) is 3.06. The van der Waals surface area contributed by atoms with Crippen molar-refractivity contribution in [1.29, 1.82) is 0 Å². The lowest BCUT2D eigenvalue weighted by Gasteiger charge is -2.11. The third-order valence-electron chi connectivity index (χ3n) is 3.06. The van der Waals surface area contributed by atoms with Gasteiger partial charge in [0.1, 0.15) is 6.33 Å². The second-order valence-electron chi connectivity index (χ2n) is 4.73. The van der Waals surface area contributed by atoms with E-state index in [-0.39, 0.29) is 0 Å². The fourth-order valence-corrected chi connectivity index (χ4v) is 2.12. The maximum Gasteiger partial charge on any atom is 0.155 e. The van der Waals surface area contributed by atoms with Gasteiger partial charge in [-0.3, -0.25) is 4.68 Å². The van der Waals surface area contributed by atoms with Gasteiger partial charge in [0, 0.05) is 25.0 Å². The summed E-state index contributed by atoms with van der Waals surface area (Å²) in [5, 5.41) is 8.66. The van der Waals surface area contributed by atoms with E-state index in [0.29, 0.717) is 5.92 Å². The van der Waals surface area contributed by atoms with E-state index in [0.717, 1.165) is 16.9 Å². The number of hydrogen-bond donors (Lipinski definition) is 0. The molecule has 92 valence electrons. The summed E-state index contributed by atoms with van der Waals surface area (Å²) >= 11 is 0. The van der Waals surface area contributed by atoms with E-state index in [1.54, 1.807) is 6.33 Å². The molecule has 3 aromatic heterocycles. The van der Waals surface area contributed by atoms with Crippen molar-refractivity contribution < 1.29 is 0 Å². The van der Waals surface area contributed by atoms with Gasteiger partial charge in [-0.15, -0.1) is 0 Å². The molecule has 0 aliphatic carbocycles. The maximum atomic E-state index is 4.47. The van der Waals surface area contributed by atoms with Crippen LogP contribution in [0, 0.1) is 0 Å². The summed E-state index contributed by atoms with van der Waals surface area (Å²) in [5.41, 5.74) is 4.18. The van der Waals surface area contributed by atoms with E-state index in [2.05, 4.69) is 29.0 Å². The summed E-state index contributed by atoms with van der Waals surface area (Å²) < 4.78 is 3.62. The largest absolute Gasteiger partial charge is 0.275 e. The molecule has 5 heteroatoms. The number of aromatic nitrogens is 5. The van der Waals surface area contributed by atoms with Crippen molar-refractivity contribution in [2.75, 3.05) is 0 Å². The van der Waals surface area contributed by atoms with E-state index in [4.69, 9.17) is 0 Å². The van der Waals surface area contributed by atoms with Gasteiger partial charge in [0.25, 0.3) is 0 Å². The molecule has 0 aromatic carbocycles. The zero-order chi connectivity index (χ0) is 12.7. The highest BCUT2D eigenvalue weighted by atomic mass is 15.3. The van der Waals surface area contributed by atoms with Gasteiger partial charge in [-0.2, -0.15) is 10.2 Å². The van der Waals surface area contributed by atoms with Crippen LogP contribution in [0.4, 0.5) is 0 Å². The van der Waals surface area contributed by atoms with Crippen molar-refractivity contribution >= 4 is 5.65 Å².